The molecule has 0 bridgehead atoms. The summed E-state index contributed by atoms with van der Waals surface area (Å²) >= 11 is 0. The van der Waals surface area contributed by atoms with Crippen molar-refractivity contribution < 1.29 is 9.47 Å². The number of hydrogen-bond acceptors (Lipinski definition) is 2. The van der Waals surface area contributed by atoms with Crippen LogP contribution in [0.4, 0.5) is 0 Å². The summed E-state index contributed by atoms with van der Waals surface area (Å²) in [7, 11) is -2.28. The van der Waals surface area contributed by atoms with Gasteiger partial charge in [0.05, 0.1) is 0 Å². The van der Waals surface area contributed by atoms with Crippen LogP contribution in [-0.4, -0.2) is 25.7 Å². The van der Waals surface area contributed by atoms with E-state index in [1.165, 1.54) is 21.5 Å². The Morgan fingerprint density at radius 2 is 1.07 bits per heavy atom. The molecule has 30 heavy (non-hydrogen) atoms. The minimum absolute atomic E-state index is 0.297. The summed E-state index contributed by atoms with van der Waals surface area (Å²) in [6, 6.07) is 33.0. The normalized spacial score (nSPS) is 12.9. The fourth-order valence-corrected chi connectivity index (χ4v) is 9.01. The molecule has 0 fully saturated rings. The molecule has 0 N–H and O–H groups in total. The van der Waals surface area contributed by atoms with E-state index in [9.17, 15) is 0 Å². The third kappa shape index (κ3) is 5.26. The molecule has 0 saturated carbocycles. The fraction of sp³-hybridized carbons (Fsp3) is 0.259. The first kappa shape index (κ1) is 22.4. The van der Waals surface area contributed by atoms with E-state index < -0.39 is 7.26 Å². The van der Waals surface area contributed by atoms with Gasteiger partial charge in [0, 0.05) is 0 Å². The van der Waals surface area contributed by atoms with E-state index in [1.54, 1.807) is 0 Å². The van der Waals surface area contributed by atoms with Crippen LogP contribution in [0.1, 0.15) is 20.8 Å². The molecule has 0 aliphatic heterocycles. The molecule has 0 unspecified atom stereocenters. The van der Waals surface area contributed by atoms with Gasteiger partial charge < -0.3 is 0 Å². The van der Waals surface area contributed by atoms with E-state index in [0.29, 0.717) is 13.2 Å². The topological polar surface area (TPSA) is 18.5 Å². The number of allylic oxidation sites excluding steroid dienone is 1. The van der Waals surface area contributed by atoms with Crippen molar-refractivity contribution in [3.8, 4) is 0 Å². The zero-order valence-corrected chi connectivity index (χ0v) is 19.3. The van der Waals surface area contributed by atoms with Crippen LogP contribution >= 0.6 is 7.26 Å². The zero-order chi connectivity index (χ0) is 21.2. The van der Waals surface area contributed by atoms with Gasteiger partial charge >= 0.3 is 182 Å². The standard InChI is InChI=1S/C27H33O2P/c1-4-28-27(29-5-2)21-23(3)22-30(24-15-9-6-10-16-24,25-17-11-7-12-18-25)26-19-13-8-14-20-26/h6-21,27,30H,4-5,22H2,1-3H3. The summed E-state index contributed by atoms with van der Waals surface area (Å²) in [6.07, 6.45) is 2.83. The van der Waals surface area contributed by atoms with Crippen LogP contribution in [0.25, 0.3) is 0 Å². The van der Waals surface area contributed by atoms with E-state index in [-0.39, 0.29) is 6.29 Å². The van der Waals surface area contributed by atoms with Gasteiger partial charge in [0.15, 0.2) is 0 Å². The van der Waals surface area contributed by atoms with Crippen LogP contribution < -0.4 is 15.9 Å². The molecule has 3 aromatic carbocycles. The number of hydrogen-bond donors (Lipinski definition) is 0. The first-order valence-corrected chi connectivity index (χ1v) is 13.0. The molecule has 3 aromatic rings. The molecule has 0 amide bonds. The fourth-order valence-electron chi connectivity index (χ4n) is 4.16. The minimum atomic E-state index is -2.28. The molecule has 0 aliphatic rings. The van der Waals surface area contributed by atoms with Crippen LogP contribution in [0.3, 0.4) is 0 Å². The molecule has 0 spiro atoms. The maximum atomic E-state index is 5.80. The molecule has 3 rings (SSSR count). The molecular formula is C27H33O2P. The van der Waals surface area contributed by atoms with Crippen LogP contribution in [0.5, 0.6) is 0 Å². The van der Waals surface area contributed by atoms with Crippen molar-refractivity contribution in [2.75, 3.05) is 19.4 Å². The molecular weight excluding hydrogens is 387 g/mol. The predicted molar refractivity (Wildman–Crippen MR) is 132 cm³/mol. The average molecular weight is 421 g/mol. The summed E-state index contributed by atoms with van der Waals surface area (Å²) in [5.41, 5.74) is 1.30. The molecule has 0 saturated heterocycles. The molecule has 0 aliphatic carbocycles. The second-order valence-electron chi connectivity index (χ2n) is 7.47. The maximum absolute atomic E-state index is 5.80. The van der Waals surface area contributed by atoms with Crippen molar-refractivity contribution in [1.29, 1.82) is 0 Å². The first-order valence-electron chi connectivity index (χ1n) is 10.8. The van der Waals surface area contributed by atoms with Crippen molar-refractivity contribution in [3.05, 3.63) is 103 Å². The second kappa shape index (κ2) is 11.2. The third-order valence-electron chi connectivity index (χ3n) is 5.43. The Bertz CT molecular complexity index is 805. The molecule has 0 heterocycles. The molecule has 3 heteroatoms. The van der Waals surface area contributed by atoms with Crippen LogP contribution in [0.15, 0.2) is 103 Å². The van der Waals surface area contributed by atoms with Crippen LogP contribution in [0.2, 0.25) is 0 Å². The molecule has 2 nitrogen and oxygen atoms in total. The van der Waals surface area contributed by atoms with E-state index in [4.69, 9.17) is 9.47 Å². The quantitative estimate of drug-likeness (QED) is 0.259. The van der Waals surface area contributed by atoms with E-state index >= 15 is 0 Å². The Morgan fingerprint density at radius 1 is 0.700 bits per heavy atom. The molecule has 0 radical (unpaired) electrons. The Kier molecular flexibility index (Phi) is 8.39. The first-order chi connectivity index (χ1) is 14.7. The van der Waals surface area contributed by atoms with Crippen molar-refractivity contribution in [2.24, 2.45) is 0 Å². The summed E-state index contributed by atoms with van der Waals surface area (Å²) < 4.78 is 11.6. The summed E-state index contributed by atoms with van der Waals surface area (Å²) in [4.78, 5) is 0. The van der Waals surface area contributed by atoms with Gasteiger partial charge in [-0.25, -0.2) is 0 Å². The van der Waals surface area contributed by atoms with E-state index in [0.717, 1.165) is 6.16 Å². The van der Waals surface area contributed by atoms with Crippen molar-refractivity contribution >= 4 is 23.2 Å². The van der Waals surface area contributed by atoms with Gasteiger partial charge in [-0.1, -0.05) is 0 Å². The Balaban J connectivity index is 2.16. The SMILES string of the molecule is CCOC(C=C(C)C[PH](c1ccccc1)(c1ccccc1)c1ccccc1)OCC. The molecule has 0 aromatic heterocycles. The average Bonchev–Trinajstić information content (AvgIpc) is 2.79. The number of ether oxygens (including phenoxy) is 2. The summed E-state index contributed by atoms with van der Waals surface area (Å²) in [6.45, 7) is 7.49. The van der Waals surface area contributed by atoms with Gasteiger partial charge in [-0.2, -0.15) is 0 Å². The molecule has 0 atom stereocenters. The van der Waals surface area contributed by atoms with Crippen LogP contribution in [-0.2, 0) is 9.47 Å². The van der Waals surface area contributed by atoms with E-state index in [1.807, 2.05) is 13.8 Å². The number of rotatable bonds is 10. The van der Waals surface area contributed by atoms with Crippen molar-refractivity contribution in [3.63, 3.8) is 0 Å². The second-order valence-corrected chi connectivity index (χ2v) is 11.4. The monoisotopic (exact) mass is 420 g/mol. The van der Waals surface area contributed by atoms with Crippen molar-refractivity contribution in [1.82, 2.24) is 0 Å². The Labute approximate surface area is 181 Å². The third-order valence-corrected chi connectivity index (χ3v) is 10.5. The number of benzene rings is 3. The predicted octanol–water partition coefficient (Wildman–Crippen LogP) is 5.06. The summed E-state index contributed by atoms with van der Waals surface area (Å²) in [5.74, 6) is 0. The molecule has 158 valence electrons. The van der Waals surface area contributed by atoms with Gasteiger partial charge in [0.25, 0.3) is 0 Å². The zero-order valence-electron chi connectivity index (χ0n) is 18.3. The van der Waals surface area contributed by atoms with Gasteiger partial charge in [0.2, 0.25) is 0 Å². The van der Waals surface area contributed by atoms with Gasteiger partial charge in [-0.15, -0.1) is 0 Å². The Morgan fingerprint density at radius 3 is 1.40 bits per heavy atom. The van der Waals surface area contributed by atoms with Crippen LogP contribution in [0, 0.1) is 0 Å². The van der Waals surface area contributed by atoms with Gasteiger partial charge in [0.1, 0.15) is 0 Å². The van der Waals surface area contributed by atoms with Gasteiger partial charge in [-0.05, 0) is 0 Å². The summed E-state index contributed by atoms with van der Waals surface area (Å²) in [5, 5.41) is 4.25. The van der Waals surface area contributed by atoms with Crippen molar-refractivity contribution in [2.45, 2.75) is 27.1 Å². The van der Waals surface area contributed by atoms with Gasteiger partial charge in [-0.3, -0.25) is 0 Å². The van der Waals surface area contributed by atoms with E-state index in [2.05, 4.69) is 104 Å². The Hall–Kier alpha value is -2.25.